The Morgan fingerprint density at radius 1 is 1.05 bits per heavy atom. The van der Waals surface area contributed by atoms with Gasteiger partial charge in [-0.2, -0.15) is 0 Å². The second-order valence-electron chi connectivity index (χ2n) is 4.89. The van der Waals surface area contributed by atoms with Gasteiger partial charge in [0.1, 0.15) is 0 Å². The summed E-state index contributed by atoms with van der Waals surface area (Å²) in [6, 6.07) is 11.9. The second-order valence-corrected chi connectivity index (χ2v) is 6.14. The Morgan fingerprint density at radius 3 is 2.50 bits per heavy atom. The Bertz CT molecular complexity index is 817. The zero-order valence-electron chi connectivity index (χ0n) is 11.6. The molecule has 3 amide bonds. The van der Waals surface area contributed by atoms with E-state index in [9.17, 15) is 14.4 Å². The zero-order valence-corrected chi connectivity index (χ0v) is 13.7. The fourth-order valence-corrected chi connectivity index (χ4v) is 2.82. The molecular formula is C16H11IN2O3. The van der Waals surface area contributed by atoms with Crippen LogP contribution in [0.25, 0.3) is 0 Å². The number of nitrogens with one attached hydrogen (secondary N) is 1. The summed E-state index contributed by atoms with van der Waals surface area (Å²) >= 11 is 2.16. The molecule has 0 radical (unpaired) electrons. The van der Waals surface area contributed by atoms with Gasteiger partial charge in [0.05, 0.1) is 11.1 Å². The third-order valence-corrected chi connectivity index (χ3v) is 4.11. The van der Waals surface area contributed by atoms with E-state index in [-0.39, 0.29) is 23.3 Å². The molecule has 0 atom stereocenters. The first kappa shape index (κ1) is 14.7. The summed E-state index contributed by atoms with van der Waals surface area (Å²) in [5.74, 6) is -1.05. The maximum Gasteiger partial charge on any atom is 0.261 e. The van der Waals surface area contributed by atoms with Gasteiger partial charge in [0.2, 0.25) is 0 Å². The molecule has 0 unspecified atom stereocenters. The number of halogens is 1. The van der Waals surface area contributed by atoms with Crippen molar-refractivity contribution in [3.05, 3.63) is 62.7 Å². The van der Waals surface area contributed by atoms with Crippen molar-refractivity contribution in [1.29, 1.82) is 0 Å². The van der Waals surface area contributed by atoms with Crippen molar-refractivity contribution in [3.8, 4) is 0 Å². The minimum atomic E-state index is -0.385. The van der Waals surface area contributed by atoms with Crippen LogP contribution in [0.2, 0.25) is 0 Å². The van der Waals surface area contributed by atoms with Crippen LogP contribution in [0, 0.1) is 3.57 Å². The quantitative estimate of drug-likeness (QED) is 0.616. The predicted octanol–water partition coefficient (Wildman–Crippen LogP) is 2.77. The molecule has 2 aromatic rings. The molecule has 0 fully saturated rings. The van der Waals surface area contributed by atoms with Crippen LogP contribution in [0.1, 0.15) is 31.1 Å². The van der Waals surface area contributed by atoms with Gasteiger partial charge in [-0.3, -0.25) is 19.3 Å². The van der Waals surface area contributed by atoms with E-state index in [1.165, 1.54) is 19.2 Å². The number of benzene rings is 2. The largest absolute Gasteiger partial charge is 0.322 e. The van der Waals surface area contributed by atoms with E-state index in [2.05, 4.69) is 27.9 Å². The molecular weight excluding hydrogens is 395 g/mol. The SMILES string of the molecule is CN1C(=O)c2ccc(C(=O)Nc3cccc(I)c3)cc2C1=O. The van der Waals surface area contributed by atoms with Crippen molar-refractivity contribution < 1.29 is 14.4 Å². The Balaban J connectivity index is 1.89. The van der Waals surface area contributed by atoms with Gasteiger partial charge >= 0.3 is 0 Å². The topological polar surface area (TPSA) is 66.5 Å². The van der Waals surface area contributed by atoms with Gasteiger partial charge in [0.25, 0.3) is 17.7 Å². The number of anilines is 1. The zero-order chi connectivity index (χ0) is 15.9. The summed E-state index contributed by atoms with van der Waals surface area (Å²) < 4.78 is 1.01. The highest BCUT2D eigenvalue weighted by Crippen LogP contribution is 2.23. The van der Waals surface area contributed by atoms with Crippen LogP contribution in [-0.4, -0.2) is 29.7 Å². The summed E-state index contributed by atoms with van der Waals surface area (Å²) in [7, 11) is 1.43. The maximum atomic E-state index is 12.3. The highest BCUT2D eigenvalue weighted by molar-refractivity contribution is 14.1. The molecule has 0 saturated heterocycles. The molecule has 2 aromatic carbocycles. The molecule has 110 valence electrons. The van der Waals surface area contributed by atoms with Gasteiger partial charge in [0, 0.05) is 21.9 Å². The molecule has 0 spiro atoms. The average molecular weight is 406 g/mol. The average Bonchev–Trinajstić information content (AvgIpc) is 2.72. The van der Waals surface area contributed by atoms with E-state index in [1.807, 2.05) is 18.2 Å². The van der Waals surface area contributed by atoms with Crippen LogP contribution in [-0.2, 0) is 0 Å². The minimum Gasteiger partial charge on any atom is -0.322 e. The maximum absolute atomic E-state index is 12.3. The van der Waals surface area contributed by atoms with Crippen LogP contribution < -0.4 is 5.32 Å². The predicted molar refractivity (Wildman–Crippen MR) is 90.0 cm³/mol. The number of hydrogen-bond donors (Lipinski definition) is 1. The number of hydrogen-bond acceptors (Lipinski definition) is 3. The van der Waals surface area contributed by atoms with Gasteiger partial charge in [-0.15, -0.1) is 0 Å². The van der Waals surface area contributed by atoms with Crippen LogP contribution in [0.3, 0.4) is 0 Å². The summed E-state index contributed by atoms with van der Waals surface area (Å²) in [5.41, 5.74) is 1.62. The van der Waals surface area contributed by atoms with Gasteiger partial charge in [0.15, 0.2) is 0 Å². The fraction of sp³-hybridized carbons (Fsp3) is 0.0625. The van der Waals surface area contributed by atoms with E-state index in [0.717, 1.165) is 8.47 Å². The Hall–Kier alpha value is -2.22. The number of rotatable bonds is 2. The molecule has 0 bridgehead atoms. The molecule has 1 aliphatic rings. The monoisotopic (exact) mass is 406 g/mol. The number of fused-ring (bicyclic) bond motifs is 1. The van der Waals surface area contributed by atoms with E-state index < -0.39 is 0 Å². The van der Waals surface area contributed by atoms with E-state index in [1.54, 1.807) is 12.1 Å². The normalized spacial score (nSPS) is 13.3. The van der Waals surface area contributed by atoms with Crippen molar-refractivity contribution in [2.75, 3.05) is 12.4 Å². The lowest BCUT2D eigenvalue weighted by molar-refractivity contribution is 0.0693. The standard InChI is InChI=1S/C16H11IN2O3/c1-19-15(21)12-6-5-9(7-13(12)16(19)22)14(20)18-11-4-2-3-10(17)8-11/h2-8H,1H3,(H,18,20). The first-order chi connectivity index (χ1) is 10.5. The lowest BCUT2D eigenvalue weighted by Gasteiger charge is -2.06. The van der Waals surface area contributed by atoms with Gasteiger partial charge in [-0.05, 0) is 59.0 Å². The van der Waals surface area contributed by atoms with E-state index in [4.69, 9.17) is 0 Å². The summed E-state index contributed by atoms with van der Waals surface area (Å²) in [4.78, 5) is 37.1. The van der Waals surface area contributed by atoms with Crippen LogP contribution >= 0.6 is 22.6 Å². The molecule has 0 saturated carbocycles. The molecule has 1 N–H and O–H groups in total. The van der Waals surface area contributed by atoms with Crippen molar-refractivity contribution in [2.45, 2.75) is 0 Å². The van der Waals surface area contributed by atoms with Gasteiger partial charge in [-0.1, -0.05) is 6.07 Å². The van der Waals surface area contributed by atoms with Crippen molar-refractivity contribution in [1.82, 2.24) is 4.90 Å². The molecule has 1 aliphatic heterocycles. The van der Waals surface area contributed by atoms with Crippen LogP contribution in [0.15, 0.2) is 42.5 Å². The smallest absolute Gasteiger partial charge is 0.261 e. The molecule has 6 heteroatoms. The molecule has 1 heterocycles. The Labute approximate surface area is 140 Å². The first-order valence-electron chi connectivity index (χ1n) is 6.51. The highest BCUT2D eigenvalue weighted by atomic mass is 127. The molecule has 0 aliphatic carbocycles. The van der Waals surface area contributed by atoms with Crippen LogP contribution in [0.4, 0.5) is 5.69 Å². The molecule has 0 aromatic heterocycles. The van der Waals surface area contributed by atoms with Crippen LogP contribution in [0.5, 0.6) is 0 Å². The number of amides is 3. The summed E-state index contributed by atoms with van der Waals surface area (Å²) in [6.45, 7) is 0. The number of imide groups is 1. The minimum absolute atomic E-state index is 0.266. The molecule has 3 rings (SSSR count). The van der Waals surface area contributed by atoms with Crippen molar-refractivity contribution >= 4 is 46.0 Å². The van der Waals surface area contributed by atoms with Gasteiger partial charge in [-0.25, -0.2) is 0 Å². The highest BCUT2D eigenvalue weighted by Gasteiger charge is 2.33. The van der Waals surface area contributed by atoms with Gasteiger partial charge < -0.3 is 5.32 Å². The van der Waals surface area contributed by atoms with E-state index in [0.29, 0.717) is 16.8 Å². The molecule has 22 heavy (non-hydrogen) atoms. The Kier molecular flexibility index (Phi) is 3.69. The first-order valence-corrected chi connectivity index (χ1v) is 7.58. The third kappa shape index (κ3) is 2.50. The molecule has 5 nitrogen and oxygen atoms in total. The second kappa shape index (κ2) is 5.53. The van der Waals surface area contributed by atoms with Crippen molar-refractivity contribution in [2.24, 2.45) is 0 Å². The van der Waals surface area contributed by atoms with E-state index >= 15 is 0 Å². The van der Waals surface area contributed by atoms with Crippen molar-refractivity contribution in [3.63, 3.8) is 0 Å². The fourth-order valence-electron chi connectivity index (χ4n) is 2.27. The summed E-state index contributed by atoms with van der Waals surface area (Å²) in [6.07, 6.45) is 0. The number of carbonyl (C=O) groups excluding carboxylic acids is 3. The number of carbonyl (C=O) groups is 3. The summed E-state index contributed by atoms with van der Waals surface area (Å²) in [5, 5.41) is 2.77. The lowest BCUT2D eigenvalue weighted by Crippen LogP contribution is -2.24. The number of nitrogens with zero attached hydrogens (tertiary/aromatic N) is 1. The third-order valence-electron chi connectivity index (χ3n) is 3.43. The lowest BCUT2D eigenvalue weighted by atomic mass is 10.1. The Morgan fingerprint density at radius 2 is 1.77 bits per heavy atom.